The Labute approximate surface area is 117 Å². The second kappa shape index (κ2) is 4.93. The summed E-state index contributed by atoms with van der Waals surface area (Å²) in [6.07, 6.45) is 9.72. The lowest BCUT2D eigenvalue weighted by Crippen LogP contribution is -2.38. The molecule has 2 atom stereocenters. The van der Waals surface area contributed by atoms with Gasteiger partial charge in [0.2, 0.25) is 0 Å². The molecular weight excluding hydrogens is 290 g/mol. The van der Waals surface area contributed by atoms with Gasteiger partial charge in [-0.05, 0) is 72.0 Å². The van der Waals surface area contributed by atoms with Gasteiger partial charge in [-0.15, -0.1) is 0 Å². The Morgan fingerprint density at radius 2 is 2.11 bits per heavy atom. The van der Waals surface area contributed by atoms with Crippen molar-refractivity contribution in [2.24, 2.45) is 11.8 Å². The first kappa shape index (κ1) is 12.6. The lowest BCUT2D eigenvalue weighted by molar-refractivity contribution is -0.0202. The molecule has 0 spiro atoms. The average Bonchev–Trinajstić information content (AvgIpc) is 3.16. The molecule has 0 aliphatic heterocycles. The molecule has 2 fully saturated rings. The number of halogens is 1. The summed E-state index contributed by atoms with van der Waals surface area (Å²) in [6.45, 7) is 0. The Hall–Kier alpha value is -0.410. The van der Waals surface area contributed by atoms with E-state index in [9.17, 15) is 5.11 Å². The fourth-order valence-electron chi connectivity index (χ4n) is 3.36. The molecule has 3 heteroatoms. The summed E-state index contributed by atoms with van der Waals surface area (Å²) in [5, 5.41) is 10.8. The van der Waals surface area contributed by atoms with Gasteiger partial charge in [-0.1, -0.05) is 6.42 Å². The highest BCUT2D eigenvalue weighted by Crippen LogP contribution is 2.47. The summed E-state index contributed by atoms with van der Waals surface area (Å²) in [5.41, 5.74) is 0.504. The van der Waals surface area contributed by atoms with E-state index in [0.29, 0.717) is 6.42 Å². The summed E-state index contributed by atoms with van der Waals surface area (Å²) in [6, 6.07) is 4.02. The van der Waals surface area contributed by atoms with Gasteiger partial charge in [0.25, 0.3) is 0 Å². The Morgan fingerprint density at radius 3 is 2.78 bits per heavy atom. The average molecular weight is 310 g/mol. The molecule has 0 saturated heterocycles. The Balaban J connectivity index is 1.67. The fraction of sp³-hybridized carbons (Fsp3) is 0.667. The van der Waals surface area contributed by atoms with Crippen LogP contribution < -0.4 is 0 Å². The van der Waals surface area contributed by atoms with Crippen LogP contribution in [0.2, 0.25) is 0 Å². The minimum absolute atomic E-state index is 0.508. The predicted molar refractivity (Wildman–Crippen MR) is 75.3 cm³/mol. The van der Waals surface area contributed by atoms with Crippen LogP contribution in [0.15, 0.2) is 22.8 Å². The number of hydrogen-bond donors (Lipinski definition) is 1. The van der Waals surface area contributed by atoms with Crippen molar-refractivity contribution in [2.75, 3.05) is 0 Å². The van der Waals surface area contributed by atoms with Crippen molar-refractivity contribution < 1.29 is 5.11 Å². The van der Waals surface area contributed by atoms with Crippen LogP contribution in [0.1, 0.15) is 44.2 Å². The summed E-state index contributed by atoms with van der Waals surface area (Å²) >= 11 is 3.40. The van der Waals surface area contributed by atoms with Crippen molar-refractivity contribution in [1.29, 1.82) is 0 Å². The van der Waals surface area contributed by atoms with Crippen molar-refractivity contribution in [3.63, 3.8) is 0 Å². The van der Waals surface area contributed by atoms with Crippen LogP contribution in [-0.2, 0) is 6.42 Å². The number of nitrogens with zero attached hydrogens (tertiary/aromatic N) is 1. The van der Waals surface area contributed by atoms with E-state index in [1.54, 1.807) is 0 Å². The number of aromatic nitrogens is 1. The summed E-state index contributed by atoms with van der Waals surface area (Å²) in [4.78, 5) is 4.40. The van der Waals surface area contributed by atoms with Crippen molar-refractivity contribution >= 4 is 15.9 Å². The molecular formula is C15H20BrNO. The fourth-order valence-corrected chi connectivity index (χ4v) is 3.60. The third kappa shape index (κ3) is 2.94. The van der Waals surface area contributed by atoms with E-state index >= 15 is 0 Å². The van der Waals surface area contributed by atoms with Crippen LogP contribution in [0, 0.1) is 11.8 Å². The van der Waals surface area contributed by atoms with Crippen LogP contribution >= 0.6 is 15.9 Å². The first-order valence-electron chi connectivity index (χ1n) is 6.97. The van der Waals surface area contributed by atoms with E-state index in [1.807, 2.05) is 18.3 Å². The topological polar surface area (TPSA) is 33.1 Å². The van der Waals surface area contributed by atoms with Gasteiger partial charge < -0.3 is 5.11 Å². The summed E-state index contributed by atoms with van der Waals surface area (Å²) < 4.78 is 0.998. The third-order valence-electron chi connectivity index (χ3n) is 4.45. The zero-order chi connectivity index (χ0) is 12.6. The maximum Gasteiger partial charge on any atom is 0.0705 e. The van der Waals surface area contributed by atoms with Gasteiger partial charge in [0.05, 0.1) is 5.60 Å². The van der Waals surface area contributed by atoms with Crippen molar-refractivity contribution in [1.82, 2.24) is 4.98 Å². The predicted octanol–water partition coefficient (Wildman–Crippen LogP) is 3.72. The van der Waals surface area contributed by atoms with Crippen LogP contribution in [0.5, 0.6) is 0 Å². The number of aliphatic hydroxyl groups is 1. The molecule has 0 bridgehead atoms. The van der Waals surface area contributed by atoms with Gasteiger partial charge in [0.15, 0.2) is 0 Å². The van der Waals surface area contributed by atoms with Gasteiger partial charge in [-0.2, -0.15) is 0 Å². The largest absolute Gasteiger partial charge is 0.389 e. The quantitative estimate of drug-likeness (QED) is 0.923. The number of hydrogen-bond acceptors (Lipinski definition) is 2. The van der Waals surface area contributed by atoms with Gasteiger partial charge in [-0.25, -0.2) is 0 Å². The van der Waals surface area contributed by atoms with Crippen molar-refractivity contribution in [3.05, 3.63) is 28.5 Å². The molecule has 0 aromatic carbocycles. The maximum absolute atomic E-state index is 10.8. The molecule has 18 heavy (non-hydrogen) atoms. The molecule has 3 rings (SSSR count). The maximum atomic E-state index is 10.8. The smallest absolute Gasteiger partial charge is 0.0705 e. The highest BCUT2D eigenvalue weighted by Gasteiger charge is 2.41. The Bertz CT molecular complexity index is 415. The van der Waals surface area contributed by atoms with Gasteiger partial charge in [-0.3, -0.25) is 4.98 Å². The molecule has 1 N–H and O–H groups in total. The molecule has 98 valence electrons. The molecule has 2 saturated carbocycles. The second-order valence-corrected chi connectivity index (χ2v) is 6.98. The molecule has 1 aromatic heterocycles. The standard InChI is InChI=1S/C15H20BrNO/c16-13-5-6-14(17-10-13)9-15(18)7-1-2-12(8-15)11-3-4-11/h5-6,10-12,18H,1-4,7-9H2. The summed E-state index contributed by atoms with van der Waals surface area (Å²) in [7, 11) is 0. The lowest BCUT2D eigenvalue weighted by Gasteiger charge is -2.37. The van der Waals surface area contributed by atoms with E-state index in [0.717, 1.165) is 34.8 Å². The minimum atomic E-state index is -0.508. The highest BCUT2D eigenvalue weighted by atomic mass is 79.9. The molecule has 0 amide bonds. The Morgan fingerprint density at radius 1 is 1.28 bits per heavy atom. The molecule has 2 unspecified atom stereocenters. The van der Waals surface area contributed by atoms with Gasteiger partial charge >= 0.3 is 0 Å². The Kier molecular flexibility index (Phi) is 3.46. The zero-order valence-electron chi connectivity index (χ0n) is 10.6. The molecule has 0 radical (unpaired) electrons. The first-order valence-corrected chi connectivity index (χ1v) is 7.77. The molecule has 1 heterocycles. The van der Waals surface area contributed by atoms with E-state index in [4.69, 9.17) is 0 Å². The zero-order valence-corrected chi connectivity index (χ0v) is 12.2. The van der Waals surface area contributed by atoms with Gasteiger partial charge in [0.1, 0.15) is 0 Å². The third-order valence-corrected chi connectivity index (χ3v) is 4.92. The summed E-state index contributed by atoms with van der Waals surface area (Å²) in [5.74, 6) is 1.67. The van der Waals surface area contributed by atoms with Crippen LogP contribution in [0.25, 0.3) is 0 Å². The van der Waals surface area contributed by atoms with E-state index < -0.39 is 5.60 Å². The first-order chi connectivity index (χ1) is 8.65. The van der Waals surface area contributed by atoms with Crippen LogP contribution in [0.4, 0.5) is 0 Å². The van der Waals surface area contributed by atoms with Crippen LogP contribution in [-0.4, -0.2) is 15.7 Å². The van der Waals surface area contributed by atoms with Crippen LogP contribution in [0.3, 0.4) is 0 Å². The molecule has 2 aliphatic carbocycles. The van der Waals surface area contributed by atoms with E-state index in [1.165, 1.54) is 25.7 Å². The van der Waals surface area contributed by atoms with Crippen molar-refractivity contribution in [3.8, 4) is 0 Å². The number of rotatable bonds is 3. The monoisotopic (exact) mass is 309 g/mol. The van der Waals surface area contributed by atoms with Crippen molar-refractivity contribution in [2.45, 2.75) is 50.5 Å². The molecule has 1 aromatic rings. The molecule has 2 nitrogen and oxygen atoms in total. The second-order valence-electron chi connectivity index (χ2n) is 6.06. The minimum Gasteiger partial charge on any atom is -0.389 e. The van der Waals surface area contributed by atoms with Gasteiger partial charge in [0, 0.05) is 22.8 Å². The van der Waals surface area contributed by atoms with E-state index in [-0.39, 0.29) is 0 Å². The molecule has 2 aliphatic rings. The highest BCUT2D eigenvalue weighted by molar-refractivity contribution is 9.10. The number of pyridine rings is 1. The normalized spacial score (nSPS) is 32.4. The van der Waals surface area contributed by atoms with E-state index in [2.05, 4.69) is 20.9 Å². The SMILES string of the molecule is OC1(Cc2ccc(Br)cn2)CCCC(C2CC2)C1. The lowest BCUT2D eigenvalue weighted by atomic mass is 9.74.